The van der Waals surface area contributed by atoms with Crippen molar-refractivity contribution < 1.29 is 9.18 Å². The van der Waals surface area contributed by atoms with Crippen LogP contribution in [0.15, 0.2) is 34.3 Å². The summed E-state index contributed by atoms with van der Waals surface area (Å²) in [5.74, 6) is 1.43. The summed E-state index contributed by atoms with van der Waals surface area (Å²) in [5.41, 5.74) is 2.94. The zero-order valence-electron chi connectivity index (χ0n) is 15.8. The number of likely N-dealkylation sites (tertiary alicyclic amines) is 1. The molecule has 0 saturated carbocycles. The van der Waals surface area contributed by atoms with Crippen molar-refractivity contribution in [2.24, 2.45) is 21.8 Å². The van der Waals surface area contributed by atoms with Crippen LogP contribution in [0, 0.1) is 18.8 Å². The summed E-state index contributed by atoms with van der Waals surface area (Å²) in [6.07, 6.45) is -1.70. The van der Waals surface area contributed by atoms with Crippen LogP contribution >= 0.6 is 0 Å². The fourth-order valence-electron chi connectivity index (χ4n) is 4.42. The van der Waals surface area contributed by atoms with Gasteiger partial charge in [0.25, 0.3) is 5.91 Å². The highest BCUT2D eigenvalue weighted by Crippen LogP contribution is 2.35. The van der Waals surface area contributed by atoms with E-state index in [1.54, 1.807) is 0 Å². The zero-order chi connectivity index (χ0) is 19.4. The Morgan fingerprint density at radius 3 is 2.18 bits per heavy atom. The fourth-order valence-corrected chi connectivity index (χ4v) is 4.42. The van der Waals surface area contributed by atoms with Crippen LogP contribution in [0.2, 0.25) is 0 Å². The number of amides is 1. The van der Waals surface area contributed by atoms with Crippen LogP contribution in [-0.4, -0.2) is 64.8 Å². The average Bonchev–Trinajstić information content (AvgIpc) is 3.24. The van der Waals surface area contributed by atoms with Crippen molar-refractivity contribution in [2.75, 3.05) is 31.1 Å². The number of aliphatic imine (C=N–C) groups is 2. The quantitative estimate of drug-likeness (QED) is 0.757. The molecule has 4 heterocycles. The molecular weight excluding hydrogens is 359 g/mol. The van der Waals surface area contributed by atoms with E-state index in [4.69, 9.17) is 9.97 Å². The Morgan fingerprint density at radius 2 is 1.54 bits per heavy atom. The number of carbonyl (C=O) groups is 1. The third-order valence-electron chi connectivity index (χ3n) is 5.86. The highest BCUT2D eigenvalue weighted by Gasteiger charge is 2.43. The molecule has 1 amide bonds. The van der Waals surface area contributed by atoms with Crippen molar-refractivity contribution >= 4 is 34.4 Å². The van der Waals surface area contributed by atoms with E-state index >= 15 is 0 Å². The predicted molar refractivity (Wildman–Crippen MR) is 105 cm³/mol. The second-order valence-electron chi connectivity index (χ2n) is 7.82. The van der Waals surface area contributed by atoms with E-state index < -0.39 is 12.1 Å². The molecule has 2 fully saturated rings. The van der Waals surface area contributed by atoms with Gasteiger partial charge in [-0.2, -0.15) is 4.99 Å². The molecule has 2 aromatic rings. The molecule has 1 aromatic carbocycles. The molecule has 8 heteroatoms. The minimum atomic E-state index is -1.70. The normalized spacial score (nSPS) is 27.2. The number of hydrogen-bond acceptors (Lipinski definition) is 6. The number of aryl methyl sites for hydroxylation is 1. The Kier molecular flexibility index (Phi) is 3.89. The molecule has 0 bridgehead atoms. The van der Waals surface area contributed by atoms with Crippen LogP contribution in [0.25, 0.3) is 11.0 Å². The number of carbonyl (C=O) groups excluding carboxylic acids is 1. The van der Waals surface area contributed by atoms with Crippen molar-refractivity contribution in [3.8, 4) is 0 Å². The van der Waals surface area contributed by atoms with E-state index in [2.05, 4.69) is 14.9 Å². The SMILES string of the molecule is CC1=NC(N2CC3CN(c4nc5ccccc5nc4C)CC3C2)=NC(=O)C1F. The number of para-hydroxylation sites is 2. The molecule has 0 N–H and O–H groups in total. The van der Waals surface area contributed by atoms with Crippen molar-refractivity contribution in [3.05, 3.63) is 30.0 Å². The molecule has 0 radical (unpaired) electrons. The molecule has 0 spiro atoms. The van der Waals surface area contributed by atoms with Gasteiger partial charge >= 0.3 is 0 Å². The molecule has 3 unspecified atom stereocenters. The minimum Gasteiger partial charge on any atom is -0.354 e. The van der Waals surface area contributed by atoms with Crippen LogP contribution in [0.1, 0.15) is 12.6 Å². The maximum absolute atomic E-state index is 13.6. The molecule has 0 aliphatic carbocycles. The van der Waals surface area contributed by atoms with Crippen LogP contribution in [0.4, 0.5) is 10.2 Å². The maximum atomic E-state index is 13.6. The van der Waals surface area contributed by atoms with E-state index in [9.17, 15) is 9.18 Å². The van der Waals surface area contributed by atoms with Crippen LogP contribution in [-0.2, 0) is 4.79 Å². The number of fused-ring (bicyclic) bond motifs is 2. The molecule has 3 aliphatic heterocycles. The number of nitrogens with zero attached hydrogens (tertiary/aromatic N) is 6. The lowest BCUT2D eigenvalue weighted by molar-refractivity contribution is -0.120. The van der Waals surface area contributed by atoms with Crippen molar-refractivity contribution in [2.45, 2.75) is 20.0 Å². The van der Waals surface area contributed by atoms with E-state index in [0.29, 0.717) is 17.8 Å². The number of guanidine groups is 1. The number of rotatable bonds is 1. The van der Waals surface area contributed by atoms with Gasteiger partial charge in [-0.05, 0) is 26.0 Å². The standard InChI is InChI=1S/C20H21FN6O/c1-11-17(21)19(28)25-20(23-11)27-9-13-7-26(8-14(13)10-27)18-12(2)22-15-5-3-4-6-16(15)24-18/h3-6,13-14,17H,7-10H2,1-2H3. The van der Waals surface area contributed by atoms with Crippen LogP contribution < -0.4 is 4.90 Å². The first-order valence-electron chi connectivity index (χ1n) is 9.54. The Labute approximate surface area is 162 Å². The van der Waals surface area contributed by atoms with Crippen molar-refractivity contribution in [1.29, 1.82) is 0 Å². The summed E-state index contributed by atoms with van der Waals surface area (Å²) in [6.45, 7) is 6.83. The molecule has 2 saturated heterocycles. The second-order valence-corrected chi connectivity index (χ2v) is 7.82. The van der Waals surface area contributed by atoms with Gasteiger partial charge in [-0.25, -0.2) is 19.4 Å². The maximum Gasteiger partial charge on any atom is 0.289 e. The lowest BCUT2D eigenvalue weighted by atomic mass is 10.0. The average molecular weight is 380 g/mol. The first-order valence-corrected chi connectivity index (χ1v) is 9.54. The van der Waals surface area contributed by atoms with E-state index in [1.165, 1.54) is 6.92 Å². The molecule has 3 atom stereocenters. The number of anilines is 1. The largest absolute Gasteiger partial charge is 0.354 e. The molecular formula is C20H21FN6O. The molecule has 144 valence electrons. The van der Waals surface area contributed by atoms with Crippen LogP contribution in [0.3, 0.4) is 0 Å². The van der Waals surface area contributed by atoms with E-state index in [-0.39, 0.29) is 5.71 Å². The highest BCUT2D eigenvalue weighted by molar-refractivity contribution is 6.16. The van der Waals surface area contributed by atoms with Crippen molar-refractivity contribution in [3.63, 3.8) is 0 Å². The first-order chi connectivity index (χ1) is 13.5. The third kappa shape index (κ3) is 2.75. The number of benzene rings is 1. The fraction of sp³-hybridized carbons (Fsp3) is 0.450. The van der Waals surface area contributed by atoms with Gasteiger partial charge < -0.3 is 9.80 Å². The van der Waals surface area contributed by atoms with Gasteiger partial charge in [-0.1, -0.05) is 12.1 Å². The molecule has 1 aromatic heterocycles. The number of halogens is 1. The van der Waals surface area contributed by atoms with Gasteiger partial charge in [0, 0.05) is 38.0 Å². The number of aromatic nitrogens is 2. The lowest BCUT2D eigenvalue weighted by Crippen LogP contribution is -2.38. The van der Waals surface area contributed by atoms with Crippen LogP contribution in [0.5, 0.6) is 0 Å². The summed E-state index contributed by atoms with van der Waals surface area (Å²) in [6, 6.07) is 7.91. The Balaban J connectivity index is 1.33. The second kappa shape index (κ2) is 6.32. The van der Waals surface area contributed by atoms with Gasteiger partial charge in [-0.15, -0.1) is 0 Å². The first kappa shape index (κ1) is 17.2. The van der Waals surface area contributed by atoms with E-state index in [0.717, 1.165) is 48.7 Å². The number of hydrogen-bond donors (Lipinski definition) is 0. The smallest absolute Gasteiger partial charge is 0.289 e. The summed E-state index contributed by atoms with van der Waals surface area (Å²) in [4.78, 5) is 33.6. The summed E-state index contributed by atoms with van der Waals surface area (Å²) >= 11 is 0. The number of alkyl halides is 1. The predicted octanol–water partition coefficient (Wildman–Crippen LogP) is 2.00. The van der Waals surface area contributed by atoms with Gasteiger partial charge in [0.15, 0.2) is 5.82 Å². The van der Waals surface area contributed by atoms with E-state index in [1.807, 2.05) is 36.1 Å². The summed E-state index contributed by atoms with van der Waals surface area (Å²) in [7, 11) is 0. The lowest BCUT2D eigenvalue weighted by Gasteiger charge is -2.25. The highest BCUT2D eigenvalue weighted by atomic mass is 19.1. The molecule has 3 aliphatic rings. The van der Waals surface area contributed by atoms with Gasteiger partial charge in [0.05, 0.1) is 22.4 Å². The van der Waals surface area contributed by atoms with Gasteiger partial charge in [-0.3, -0.25) is 4.79 Å². The monoisotopic (exact) mass is 380 g/mol. The summed E-state index contributed by atoms with van der Waals surface area (Å²) < 4.78 is 13.6. The minimum absolute atomic E-state index is 0.191. The van der Waals surface area contributed by atoms with Crippen molar-refractivity contribution in [1.82, 2.24) is 14.9 Å². The zero-order valence-corrected chi connectivity index (χ0v) is 15.8. The van der Waals surface area contributed by atoms with Gasteiger partial charge in [0.1, 0.15) is 0 Å². The molecule has 28 heavy (non-hydrogen) atoms. The summed E-state index contributed by atoms with van der Waals surface area (Å²) in [5, 5.41) is 0. The van der Waals surface area contributed by atoms with Gasteiger partial charge in [0.2, 0.25) is 12.1 Å². The molecule has 7 nitrogen and oxygen atoms in total. The Morgan fingerprint density at radius 1 is 0.929 bits per heavy atom. The Hall–Kier alpha value is -2.90. The third-order valence-corrected chi connectivity index (χ3v) is 5.86. The molecule has 5 rings (SSSR count). The Bertz CT molecular complexity index is 1020. The topological polar surface area (TPSA) is 74.1 Å².